The van der Waals surface area contributed by atoms with E-state index in [2.05, 4.69) is 81.5 Å². The molecular weight excluding hydrogens is 697 g/mol. The third-order valence-electron chi connectivity index (χ3n) is 9.73. The zero-order valence-corrected chi connectivity index (χ0v) is 36.6. The highest BCUT2D eigenvalue weighted by Crippen LogP contribution is 2.13. The van der Waals surface area contributed by atoms with Crippen LogP contribution >= 0.6 is 0 Å². The maximum absolute atomic E-state index is 12.7. The molecule has 0 bridgehead atoms. The van der Waals surface area contributed by atoms with Crippen molar-refractivity contribution in [2.45, 2.75) is 226 Å². The fraction of sp³-hybridized carbons (Fsp3) is 0.740. The summed E-state index contributed by atoms with van der Waals surface area (Å²) in [5.74, 6) is -0.942. The van der Waals surface area contributed by atoms with Crippen LogP contribution in [0.3, 0.4) is 0 Å². The second kappa shape index (κ2) is 44.8. The van der Waals surface area contributed by atoms with Gasteiger partial charge in [-0.05, 0) is 103 Å². The number of unbranched alkanes of at least 4 members (excludes halogenated alkanes) is 20. The molecular formula is C50H86O6. The van der Waals surface area contributed by atoms with Gasteiger partial charge in [0.1, 0.15) is 13.2 Å². The number of carbonyl (C=O) groups excluding carboxylic acids is 3. The number of hydrogen-bond acceptors (Lipinski definition) is 6. The second-order valence-electron chi connectivity index (χ2n) is 15.3. The normalized spacial score (nSPS) is 12.6. The van der Waals surface area contributed by atoms with Crippen LogP contribution in [0.4, 0.5) is 0 Å². The maximum atomic E-state index is 12.7. The van der Waals surface area contributed by atoms with E-state index in [4.69, 9.17) is 14.2 Å². The Hall–Kier alpha value is -2.89. The van der Waals surface area contributed by atoms with E-state index in [0.29, 0.717) is 19.3 Å². The van der Waals surface area contributed by atoms with E-state index in [1.165, 1.54) is 77.0 Å². The number of rotatable bonds is 41. The first-order chi connectivity index (χ1) is 27.5. The molecule has 0 aliphatic carbocycles. The molecule has 0 fully saturated rings. The average molecular weight is 783 g/mol. The summed E-state index contributed by atoms with van der Waals surface area (Å²) in [7, 11) is 0. The van der Waals surface area contributed by atoms with Crippen LogP contribution in [0.2, 0.25) is 0 Å². The Balaban J connectivity index is 4.45. The molecule has 0 aromatic rings. The molecule has 0 aromatic heterocycles. The summed E-state index contributed by atoms with van der Waals surface area (Å²) in [5.41, 5.74) is 0. The van der Waals surface area contributed by atoms with E-state index in [1.807, 2.05) is 0 Å². The molecule has 0 radical (unpaired) electrons. The van der Waals surface area contributed by atoms with Gasteiger partial charge in [-0.1, -0.05) is 159 Å². The van der Waals surface area contributed by atoms with E-state index in [1.54, 1.807) is 0 Å². The zero-order valence-electron chi connectivity index (χ0n) is 36.6. The van der Waals surface area contributed by atoms with Gasteiger partial charge in [-0.3, -0.25) is 14.4 Å². The molecule has 0 aliphatic heterocycles. The lowest BCUT2D eigenvalue weighted by atomic mass is 10.1. The van der Waals surface area contributed by atoms with Gasteiger partial charge in [-0.2, -0.15) is 0 Å². The van der Waals surface area contributed by atoms with Crippen LogP contribution in [0.25, 0.3) is 0 Å². The molecule has 1 atom stereocenters. The van der Waals surface area contributed by atoms with Crippen molar-refractivity contribution in [1.82, 2.24) is 0 Å². The summed E-state index contributed by atoms with van der Waals surface area (Å²) < 4.78 is 16.7. The summed E-state index contributed by atoms with van der Waals surface area (Å²) in [5, 5.41) is 0. The Bertz CT molecular complexity index is 1040. The van der Waals surface area contributed by atoms with Crippen LogP contribution in [0, 0.1) is 0 Å². The molecule has 0 spiro atoms. The van der Waals surface area contributed by atoms with Crippen molar-refractivity contribution >= 4 is 17.9 Å². The second-order valence-corrected chi connectivity index (χ2v) is 15.3. The Kier molecular flexibility index (Phi) is 42.5. The van der Waals surface area contributed by atoms with Gasteiger partial charge in [0.15, 0.2) is 6.10 Å². The number of ether oxygens (including phenoxy) is 3. The molecule has 0 rings (SSSR count). The van der Waals surface area contributed by atoms with E-state index >= 15 is 0 Å². The summed E-state index contributed by atoms with van der Waals surface area (Å²) in [4.78, 5) is 37.8. The Morgan fingerprint density at radius 2 is 0.696 bits per heavy atom. The summed E-state index contributed by atoms with van der Waals surface area (Å²) >= 11 is 0. The molecule has 0 amide bonds. The third-order valence-corrected chi connectivity index (χ3v) is 9.73. The summed E-state index contributed by atoms with van der Waals surface area (Å²) in [6.45, 7) is 6.43. The highest BCUT2D eigenvalue weighted by Gasteiger charge is 2.19. The minimum atomic E-state index is -0.791. The van der Waals surface area contributed by atoms with E-state index in [-0.39, 0.29) is 31.1 Å². The first-order valence-corrected chi connectivity index (χ1v) is 23.3. The molecule has 6 nitrogen and oxygen atoms in total. The quantitative estimate of drug-likeness (QED) is 0.0266. The highest BCUT2D eigenvalue weighted by molar-refractivity contribution is 5.71. The van der Waals surface area contributed by atoms with Gasteiger partial charge in [0.25, 0.3) is 0 Å². The molecule has 0 saturated carbocycles. The first-order valence-electron chi connectivity index (χ1n) is 23.3. The van der Waals surface area contributed by atoms with E-state index in [9.17, 15) is 14.4 Å². The minimum Gasteiger partial charge on any atom is -0.462 e. The van der Waals surface area contributed by atoms with Gasteiger partial charge in [-0.25, -0.2) is 0 Å². The monoisotopic (exact) mass is 783 g/mol. The van der Waals surface area contributed by atoms with Gasteiger partial charge in [0.05, 0.1) is 0 Å². The van der Waals surface area contributed by atoms with Gasteiger partial charge >= 0.3 is 17.9 Å². The SMILES string of the molecule is CC/C=C\C/C=C\C/C=C\CCCCCC(=O)OCC(COC(=O)CCCCCCC/C=C\CCCCC)OC(=O)CCCCCCC/C=C\CCCCCC. The predicted octanol–water partition coefficient (Wildman–Crippen LogP) is 14.9. The predicted molar refractivity (Wildman–Crippen MR) is 238 cm³/mol. The molecule has 56 heavy (non-hydrogen) atoms. The van der Waals surface area contributed by atoms with Gasteiger partial charge in [0, 0.05) is 19.3 Å². The topological polar surface area (TPSA) is 78.9 Å². The maximum Gasteiger partial charge on any atom is 0.306 e. The average Bonchev–Trinajstić information content (AvgIpc) is 3.19. The van der Waals surface area contributed by atoms with Crippen molar-refractivity contribution in [3.63, 3.8) is 0 Å². The number of esters is 3. The Morgan fingerprint density at radius 1 is 0.375 bits per heavy atom. The highest BCUT2D eigenvalue weighted by atomic mass is 16.6. The van der Waals surface area contributed by atoms with Crippen molar-refractivity contribution in [1.29, 1.82) is 0 Å². The summed E-state index contributed by atoms with van der Waals surface area (Å²) in [6.07, 6.45) is 53.4. The molecule has 0 saturated heterocycles. The molecule has 0 N–H and O–H groups in total. The molecule has 322 valence electrons. The number of carbonyl (C=O) groups is 3. The van der Waals surface area contributed by atoms with Crippen molar-refractivity contribution in [2.24, 2.45) is 0 Å². The molecule has 0 aromatic carbocycles. The lowest BCUT2D eigenvalue weighted by Gasteiger charge is -2.18. The van der Waals surface area contributed by atoms with Crippen molar-refractivity contribution in [3.05, 3.63) is 60.8 Å². The van der Waals surface area contributed by atoms with Crippen LogP contribution in [-0.4, -0.2) is 37.2 Å². The van der Waals surface area contributed by atoms with Crippen molar-refractivity contribution in [2.75, 3.05) is 13.2 Å². The number of hydrogen-bond donors (Lipinski definition) is 0. The van der Waals surface area contributed by atoms with Crippen LogP contribution in [0.15, 0.2) is 60.8 Å². The Labute approximate surface area is 345 Å². The minimum absolute atomic E-state index is 0.0917. The molecule has 6 heteroatoms. The summed E-state index contributed by atoms with van der Waals surface area (Å²) in [6, 6.07) is 0. The van der Waals surface area contributed by atoms with Crippen LogP contribution in [0.1, 0.15) is 220 Å². The lowest BCUT2D eigenvalue weighted by Crippen LogP contribution is -2.30. The van der Waals surface area contributed by atoms with Crippen molar-refractivity contribution in [3.8, 4) is 0 Å². The van der Waals surface area contributed by atoms with E-state index in [0.717, 1.165) is 103 Å². The molecule has 1 unspecified atom stereocenters. The standard InChI is InChI=1S/C50H86O6/c1-4-7-10-13-16-19-22-25-28-31-34-37-40-43-49(52)55-46-47(45-54-48(51)42-39-36-33-30-27-24-21-18-15-12-9-6-3)56-50(53)44-41-38-35-32-29-26-23-20-17-14-11-8-5-2/h7,10,16,18-21,23,25,28,47H,4-6,8-9,11-15,17,22,24,26-27,29-46H2,1-3H3/b10-7-,19-16-,21-18-,23-20-,28-25-. The fourth-order valence-electron chi connectivity index (χ4n) is 6.21. The molecule has 0 aliphatic rings. The number of allylic oxidation sites excluding steroid dienone is 10. The van der Waals surface area contributed by atoms with Gasteiger partial charge in [-0.15, -0.1) is 0 Å². The van der Waals surface area contributed by atoms with Crippen LogP contribution in [0.5, 0.6) is 0 Å². The van der Waals surface area contributed by atoms with E-state index < -0.39 is 6.10 Å². The third kappa shape index (κ3) is 42.3. The first kappa shape index (κ1) is 53.1. The lowest BCUT2D eigenvalue weighted by molar-refractivity contribution is -0.167. The zero-order chi connectivity index (χ0) is 40.8. The fourth-order valence-corrected chi connectivity index (χ4v) is 6.21. The smallest absolute Gasteiger partial charge is 0.306 e. The van der Waals surface area contributed by atoms with Gasteiger partial charge < -0.3 is 14.2 Å². The largest absolute Gasteiger partial charge is 0.462 e. The van der Waals surface area contributed by atoms with Crippen molar-refractivity contribution < 1.29 is 28.6 Å². The van der Waals surface area contributed by atoms with Crippen LogP contribution in [-0.2, 0) is 28.6 Å². The Morgan fingerprint density at radius 3 is 1.16 bits per heavy atom. The molecule has 0 heterocycles. The van der Waals surface area contributed by atoms with Gasteiger partial charge in [0.2, 0.25) is 0 Å². The van der Waals surface area contributed by atoms with Crippen LogP contribution < -0.4 is 0 Å².